The number of allylic oxidation sites excluding steroid dienone is 4. The molecular weight excluding hydrogens is 351 g/mol. The molecule has 0 bridgehead atoms. The van der Waals surface area contributed by atoms with Gasteiger partial charge in [0.15, 0.2) is 5.78 Å². The number of halogens is 5. The van der Waals surface area contributed by atoms with E-state index < -0.39 is 30.2 Å². The zero-order valence-corrected chi connectivity index (χ0v) is 14.8. The number of carbonyl (C=O) groups is 1. The summed E-state index contributed by atoms with van der Waals surface area (Å²) in [5.74, 6) is -7.07. The fourth-order valence-corrected chi connectivity index (χ4v) is 6.13. The van der Waals surface area contributed by atoms with Crippen LogP contribution >= 0.6 is 0 Å². The number of ketones is 1. The van der Waals surface area contributed by atoms with E-state index in [1.54, 1.807) is 0 Å². The van der Waals surface area contributed by atoms with Crippen molar-refractivity contribution in [2.75, 3.05) is 0 Å². The molecule has 0 aromatic rings. The second-order valence-electron chi connectivity index (χ2n) is 8.75. The summed E-state index contributed by atoms with van der Waals surface area (Å²) in [7, 11) is 0. The van der Waals surface area contributed by atoms with Crippen LogP contribution in [0.1, 0.15) is 58.3 Å². The molecule has 0 aliphatic heterocycles. The number of hydrogen-bond donors (Lipinski definition) is 0. The fraction of sp³-hybridized carbons (Fsp3) is 0.750. The number of hydrogen-bond acceptors (Lipinski definition) is 1. The van der Waals surface area contributed by atoms with Gasteiger partial charge in [-0.2, -0.15) is 22.0 Å². The van der Waals surface area contributed by atoms with Crippen molar-refractivity contribution in [3.63, 3.8) is 0 Å². The van der Waals surface area contributed by atoms with Crippen LogP contribution in [0.15, 0.2) is 22.8 Å². The predicted octanol–water partition coefficient (Wildman–Crippen LogP) is 6.01. The van der Waals surface area contributed by atoms with E-state index in [-0.39, 0.29) is 16.9 Å². The predicted molar refractivity (Wildman–Crippen MR) is 86.6 cm³/mol. The van der Waals surface area contributed by atoms with Gasteiger partial charge in [0, 0.05) is 6.42 Å². The van der Waals surface area contributed by atoms with Gasteiger partial charge in [-0.05, 0) is 73.0 Å². The normalized spacial score (nSPS) is 37.8. The van der Waals surface area contributed by atoms with Crippen molar-refractivity contribution in [2.24, 2.45) is 23.2 Å². The van der Waals surface area contributed by atoms with Gasteiger partial charge in [-0.1, -0.05) is 18.9 Å². The second-order valence-corrected chi connectivity index (χ2v) is 8.75. The standard InChI is InChI=1S/C20H23F5O/c1-18-7-2-3-15(18)13-5-4-11-9-12(26)10-16(17(11)14(13)6-8-18)19(21,22)20(23,24)25/h9,13,15-16H,2-8,10H2,1H3/t13-,15+,16?,18+/m1/s1. The van der Waals surface area contributed by atoms with E-state index in [0.717, 1.165) is 37.7 Å². The topological polar surface area (TPSA) is 17.1 Å². The van der Waals surface area contributed by atoms with Crippen LogP contribution < -0.4 is 0 Å². The molecule has 144 valence electrons. The lowest BCUT2D eigenvalue weighted by molar-refractivity contribution is -0.298. The summed E-state index contributed by atoms with van der Waals surface area (Å²) in [6.07, 6.45) is 0.807. The average molecular weight is 374 g/mol. The van der Waals surface area contributed by atoms with Crippen LogP contribution in [0.3, 0.4) is 0 Å². The number of alkyl halides is 5. The molecule has 26 heavy (non-hydrogen) atoms. The van der Waals surface area contributed by atoms with Gasteiger partial charge in [0.1, 0.15) is 0 Å². The van der Waals surface area contributed by atoms with Gasteiger partial charge in [0.05, 0.1) is 5.92 Å². The molecule has 6 heteroatoms. The first kappa shape index (κ1) is 18.2. The first-order chi connectivity index (χ1) is 12.0. The molecule has 0 N–H and O–H groups in total. The van der Waals surface area contributed by atoms with Gasteiger partial charge >= 0.3 is 12.1 Å². The van der Waals surface area contributed by atoms with Crippen molar-refractivity contribution >= 4 is 5.78 Å². The van der Waals surface area contributed by atoms with Crippen molar-refractivity contribution < 1.29 is 26.7 Å². The summed E-state index contributed by atoms with van der Waals surface area (Å²) in [4.78, 5) is 11.9. The van der Waals surface area contributed by atoms with E-state index in [2.05, 4.69) is 6.92 Å². The molecule has 1 unspecified atom stereocenters. The van der Waals surface area contributed by atoms with Gasteiger partial charge in [-0.25, -0.2) is 0 Å². The Balaban J connectivity index is 1.83. The van der Waals surface area contributed by atoms with E-state index in [1.807, 2.05) is 0 Å². The monoisotopic (exact) mass is 374 g/mol. The lowest BCUT2D eigenvalue weighted by Crippen LogP contribution is -2.48. The highest BCUT2D eigenvalue weighted by Crippen LogP contribution is 2.61. The molecule has 4 aliphatic rings. The average Bonchev–Trinajstić information content (AvgIpc) is 2.94. The quantitative estimate of drug-likeness (QED) is 0.514. The van der Waals surface area contributed by atoms with Crippen molar-refractivity contribution in [1.82, 2.24) is 0 Å². The minimum absolute atomic E-state index is 0.100. The van der Waals surface area contributed by atoms with E-state index in [0.29, 0.717) is 24.3 Å². The van der Waals surface area contributed by atoms with Gasteiger partial charge in [-0.15, -0.1) is 0 Å². The lowest BCUT2D eigenvalue weighted by Gasteiger charge is -2.49. The van der Waals surface area contributed by atoms with Crippen LogP contribution in [0.4, 0.5) is 22.0 Å². The third kappa shape index (κ3) is 2.50. The van der Waals surface area contributed by atoms with Gasteiger partial charge in [-0.3, -0.25) is 4.79 Å². The van der Waals surface area contributed by atoms with Crippen molar-refractivity contribution in [1.29, 1.82) is 0 Å². The minimum Gasteiger partial charge on any atom is -0.295 e. The first-order valence-corrected chi connectivity index (χ1v) is 9.46. The third-order valence-corrected chi connectivity index (χ3v) is 7.38. The molecule has 0 saturated heterocycles. The van der Waals surface area contributed by atoms with Crippen LogP contribution in [0.25, 0.3) is 0 Å². The molecule has 4 rings (SSSR count). The van der Waals surface area contributed by atoms with E-state index in [4.69, 9.17) is 0 Å². The maximum Gasteiger partial charge on any atom is 0.453 e. The third-order valence-electron chi connectivity index (χ3n) is 7.38. The van der Waals surface area contributed by atoms with Gasteiger partial charge in [0.2, 0.25) is 0 Å². The second kappa shape index (κ2) is 5.65. The van der Waals surface area contributed by atoms with Crippen LogP contribution in [0.2, 0.25) is 0 Å². The van der Waals surface area contributed by atoms with E-state index in [1.165, 1.54) is 6.08 Å². The Kier molecular flexibility index (Phi) is 3.95. The summed E-state index contributed by atoms with van der Waals surface area (Å²) in [6, 6.07) is 0. The Hall–Kier alpha value is -1.20. The van der Waals surface area contributed by atoms with Crippen LogP contribution in [-0.2, 0) is 4.79 Å². The highest BCUT2D eigenvalue weighted by atomic mass is 19.4. The zero-order chi connectivity index (χ0) is 18.9. The lowest BCUT2D eigenvalue weighted by atomic mass is 9.56. The Morgan fingerprint density at radius 1 is 1.08 bits per heavy atom. The van der Waals surface area contributed by atoms with Gasteiger partial charge < -0.3 is 0 Å². The number of carbonyl (C=O) groups excluding carboxylic acids is 1. The van der Waals surface area contributed by atoms with Crippen molar-refractivity contribution in [2.45, 2.75) is 70.4 Å². The fourth-order valence-electron chi connectivity index (χ4n) is 6.13. The molecule has 2 fully saturated rings. The summed E-state index contributed by atoms with van der Waals surface area (Å²) >= 11 is 0. The number of fused-ring (bicyclic) bond motifs is 4. The number of rotatable bonds is 1. The van der Waals surface area contributed by atoms with Crippen molar-refractivity contribution in [3.8, 4) is 0 Å². The van der Waals surface area contributed by atoms with Gasteiger partial charge in [0.25, 0.3) is 0 Å². The maximum atomic E-state index is 14.3. The largest absolute Gasteiger partial charge is 0.453 e. The molecule has 0 spiro atoms. The zero-order valence-electron chi connectivity index (χ0n) is 14.8. The summed E-state index contributed by atoms with van der Waals surface area (Å²) in [5.41, 5.74) is 1.59. The molecule has 2 saturated carbocycles. The Morgan fingerprint density at radius 3 is 2.50 bits per heavy atom. The molecule has 0 aromatic carbocycles. The maximum absolute atomic E-state index is 14.3. The molecule has 0 radical (unpaired) electrons. The van der Waals surface area contributed by atoms with E-state index >= 15 is 0 Å². The molecule has 1 nitrogen and oxygen atoms in total. The van der Waals surface area contributed by atoms with Crippen LogP contribution in [-0.4, -0.2) is 17.9 Å². The Labute approximate surface area is 149 Å². The molecule has 0 amide bonds. The molecule has 4 atom stereocenters. The van der Waals surface area contributed by atoms with Crippen LogP contribution in [0.5, 0.6) is 0 Å². The molecule has 0 aromatic heterocycles. The molecule has 4 aliphatic carbocycles. The highest BCUT2D eigenvalue weighted by molar-refractivity contribution is 5.93. The minimum atomic E-state index is -5.64. The summed E-state index contributed by atoms with van der Waals surface area (Å²) in [6.45, 7) is 2.24. The summed E-state index contributed by atoms with van der Waals surface area (Å²) < 4.78 is 67.9. The first-order valence-electron chi connectivity index (χ1n) is 9.46. The SMILES string of the molecule is C[C@@]12CCC[C@H]1[C@@H]1CCC3=CC(=O)CC(C(F)(F)C(F)(F)F)C3=C1CC2. The smallest absolute Gasteiger partial charge is 0.295 e. The Bertz CT molecular complexity index is 701. The molecular formula is C20H23F5O. The van der Waals surface area contributed by atoms with Crippen LogP contribution in [0, 0.1) is 23.2 Å². The van der Waals surface area contributed by atoms with E-state index in [9.17, 15) is 26.7 Å². The molecule has 0 heterocycles. The van der Waals surface area contributed by atoms with Crippen molar-refractivity contribution in [3.05, 3.63) is 22.8 Å². The highest BCUT2D eigenvalue weighted by Gasteiger charge is 2.65. The summed E-state index contributed by atoms with van der Waals surface area (Å²) in [5, 5.41) is 0. The Morgan fingerprint density at radius 2 is 1.81 bits per heavy atom.